The quantitative estimate of drug-likeness (QED) is 0.920. The van der Waals surface area contributed by atoms with E-state index in [0.717, 1.165) is 12.3 Å². The van der Waals surface area contributed by atoms with Crippen LogP contribution >= 0.6 is 0 Å². The maximum absolute atomic E-state index is 13.1. The lowest BCUT2D eigenvalue weighted by Crippen LogP contribution is -2.26. The van der Waals surface area contributed by atoms with Gasteiger partial charge in [-0.2, -0.15) is 0 Å². The number of nitrogens with two attached hydrogens (primary N) is 1. The van der Waals surface area contributed by atoms with Gasteiger partial charge in [-0.05, 0) is 30.3 Å². The molecule has 0 unspecified atom stereocenters. The van der Waals surface area contributed by atoms with Crippen molar-refractivity contribution < 1.29 is 17.6 Å². The highest BCUT2D eigenvalue weighted by molar-refractivity contribution is 7.89. The van der Waals surface area contributed by atoms with Crippen molar-refractivity contribution in [3.8, 4) is 0 Å². The van der Waals surface area contributed by atoms with Gasteiger partial charge in [0.25, 0.3) is 5.91 Å². The molecule has 0 saturated carbocycles. The minimum atomic E-state index is -3.79. The molecule has 1 amide bonds. The Morgan fingerprint density at radius 2 is 1.86 bits per heavy atom. The number of hydrogen-bond donors (Lipinski definition) is 1. The van der Waals surface area contributed by atoms with Crippen molar-refractivity contribution in [3.05, 3.63) is 54.1 Å². The SMILES string of the molecule is CN(C(=O)c1cncc(F)c1)c1ccc(S(N)(=O)=O)cc1. The maximum atomic E-state index is 13.1. The summed E-state index contributed by atoms with van der Waals surface area (Å²) in [7, 11) is -2.30. The molecule has 0 fully saturated rings. The molecule has 110 valence electrons. The lowest BCUT2D eigenvalue weighted by atomic mass is 10.2. The molecule has 0 aliphatic rings. The molecule has 2 rings (SSSR count). The average Bonchev–Trinajstić information content (AvgIpc) is 2.45. The highest BCUT2D eigenvalue weighted by Crippen LogP contribution is 2.18. The van der Waals surface area contributed by atoms with Gasteiger partial charge in [-0.15, -0.1) is 0 Å². The fraction of sp³-hybridized carbons (Fsp3) is 0.0769. The molecule has 1 aromatic heterocycles. The van der Waals surface area contributed by atoms with E-state index in [-0.39, 0.29) is 10.5 Å². The van der Waals surface area contributed by atoms with Crippen LogP contribution in [0.1, 0.15) is 10.4 Å². The third kappa shape index (κ3) is 3.41. The molecule has 21 heavy (non-hydrogen) atoms. The van der Waals surface area contributed by atoms with E-state index >= 15 is 0 Å². The van der Waals surface area contributed by atoms with Crippen LogP contribution in [0.25, 0.3) is 0 Å². The van der Waals surface area contributed by atoms with E-state index in [1.54, 1.807) is 0 Å². The Morgan fingerprint density at radius 1 is 1.24 bits per heavy atom. The Labute approximate surface area is 121 Å². The van der Waals surface area contributed by atoms with Crippen molar-refractivity contribution in [2.45, 2.75) is 4.90 Å². The van der Waals surface area contributed by atoms with E-state index in [2.05, 4.69) is 4.98 Å². The van der Waals surface area contributed by atoms with Crippen LogP contribution in [0.15, 0.2) is 47.6 Å². The summed E-state index contributed by atoms with van der Waals surface area (Å²) in [4.78, 5) is 17.0. The first-order valence-corrected chi connectivity index (χ1v) is 7.35. The standard InChI is InChI=1S/C13H12FN3O3S/c1-17(13(18)9-6-10(14)8-16-7-9)11-2-4-12(5-3-11)21(15,19)20/h2-8H,1H3,(H2,15,19,20). The number of carbonyl (C=O) groups is 1. The number of benzene rings is 1. The monoisotopic (exact) mass is 309 g/mol. The smallest absolute Gasteiger partial charge is 0.259 e. The number of pyridine rings is 1. The van der Waals surface area contributed by atoms with Gasteiger partial charge in [-0.25, -0.2) is 17.9 Å². The summed E-state index contributed by atoms with van der Waals surface area (Å²) in [5.74, 6) is -1.08. The normalized spacial score (nSPS) is 11.2. The van der Waals surface area contributed by atoms with E-state index in [1.807, 2.05) is 0 Å². The Bertz CT molecular complexity index is 776. The number of primary sulfonamides is 1. The summed E-state index contributed by atoms with van der Waals surface area (Å²) < 4.78 is 35.4. The van der Waals surface area contributed by atoms with Crippen LogP contribution < -0.4 is 10.0 Å². The second kappa shape index (κ2) is 5.58. The number of halogens is 1. The Hall–Kier alpha value is -2.32. The molecule has 0 radical (unpaired) electrons. The highest BCUT2D eigenvalue weighted by atomic mass is 32.2. The zero-order chi connectivity index (χ0) is 15.6. The van der Waals surface area contributed by atoms with Crippen molar-refractivity contribution in [1.82, 2.24) is 4.98 Å². The molecular weight excluding hydrogens is 297 g/mol. The number of nitrogens with zero attached hydrogens (tertiary/aromatic N) is 2. The fourth-order valence-electron chi connectivity index (χ4n) is 1.70. The van der Waals surface area contributed by atoms with E-state index in [0.29, 0.717) is 5.69 Å². The lowest BCUT2D eigenvalue weighted by molar-refractivity contribution is 0.0992. The van der Waals surface area contributed by atoms with Gasteiger partial charge in [0, 0.05) is 18.9 Å². The van der Waals surface area contributed by atoms with E-state index in [9.17, 15) is 17.6 Å². The molecule has 8 heteroatoms. The summed E-state index contributed by atoms with van der Waals surface area (Å²) >= 11 is 0. The second-order valence-corrected chi connectivity index (χ2v) is 5.86. The number of hydrogen-bond acceptors (Lipinski definition) is 4. The fourth-order valence-corrected chi connectivity index (χ4v) is 2.21. The molecule has 2 aromatic rings. The maximum Gasteiger partial charge on any atom is 0.259 e. The van der Waals surface area contributed by atoms with Crippen LogP contribution in [0.3, 0.4) is 0 Å². The minimum Gasteiger partial charge on any atom is -0.311 e. The Kier molecular flexibility index (Phi) is 4.01. The molecule has 0 bridgehead atoms. The van der Waals surface area contributed by atoms with E-state index in [1.165, 1.54) is 42.4 Å². The van der Waals surface area contributed by atoms with Gasteiger partial charge >= 0.3 is 0 Å². The van der Waals surface area contributed by atoms with Gasteiger partial charge < -0.3 is 4.90 Å². The molecule has 0 aliphatic carbocycles. The predicted molar refractivity (Wildman–Crippen MR) is 74.7 cm³/mol. The van der Waals surface area contributed by atoms with Crippen LogP contribution in [0.5, 0.6) is 0 Å². The van der Waals surface area contributed by atoms with E-state index in [4.69, 9.17) is 5.14 Å². The summed E-state index contributed by atoms with van der Waals surface area (Å²) in [6, 6.07) is 6.52. The molecule has 1 aromatic carbocycles. The number of anilines is 1. The molecule has 0 spiro atoms. The van der Waals surface area contributed by atoms with Gasteiger partial charge in [0.2, 0.25) is 10.0 Å². The second-order valence-electron chi connectivity index (χ2n) is 4.29. The third-order valence-electron chi connectivity index (χ3n) is 2.81. The Balaban J connectivity index is 2.28. The Morgan fingerprint density at radius 3 is 2.38 bits per heavy atom. The van der Waals surface area contributed by atoms with Crippen LogP contribution in [0.2, 0.25) is 0 Å². The van der Waals surface area contributed by atoms with Crippen molar-refractivity contribution in [1.29, 1.82) is 0 Å². The van der Waals surface area contributed by atoms with Crippen LogP contribution in [0.4, 0.5) is 10.1 Å². The molecule has 0 saturated heterocycles. The van der Waals surface area contributed by atoms with Crippen molar-refractivity contribution >= 4 is 21.6 Å². The average molecular weight is 309 g/mol. The summed E-state index contributed by atoms with van der Waals surface area (Å²) in [5, 5.41) is 4.99. The van der Waals surface area contributed by atoms with Gasteiger partial charge in [0.1, 0.15) is 5.82 Å². The van der Waals surface area contributed by atoms with Crippen molar-refractivity contribution in [2.24, 2.45) is 5.14 Å². The van der Waals surface area contributed by atoms with Crippen molar-refractivity contribution in [2.75, 3.05) is 11.9 Å². The number of aromatic nitrogens is 1. The topological polar surface area (TPSA) is 93.4 Å². The number of amides is 1. The molecular formula is C13H12FN3O3S. The molecule has 1 heterocycles. The third-order valence-corrected chi connectivity index (χ3v) is 3.74. The van der Waals surface area contributed by atoms with Crippen LogP contribution in [0, 0.1) is 5.82 Å². The van der Waals surface area contributed by atoms with Crippen LogP contribution in [-0.2, 0) is 10.0 Å². The predicted octanol–water partition coefficient (Wildman–Crippen LogP) is 1.14. The first kappa shape index (κ1) is 15.1. The summed E-state index contributed by atoms with van der Waals surface area (Å²) in [6.07, 6.45) is 2.25. The first-order chi connectivity index (χ1) is 9.79. The molecule has 6 nitrogen and oxygen atoms in total. The highest BCUT2D eigenvalue weighted by Gasteiger charge is 2.15. The first-order valence-electron chi connectivity index (χ1n) is 5.80. The lowest BCUT2D eigenvalue weighted by Gasteiger charge is -2.17. The van der Waals surface area contributed by atoms with Gasteiger partial charge in [0.05, 0.1) is 16.7 Å². The summed E-state index contributed by atoms with van der Waals surface area (Å²) in [6.45, 7) is 0. The largest absolute Gasteiger partial charge is 0.311 e. The summed E-state index contributed by atoms with van der Waals surface area (Å²) in [5.41, 5.74) is 0.532. The number of sulfonamides is 1. The molecule has 0 aliphatic heterocycles. The number of carbonyl (C=O) groups excluding carboxylic acids is 1. The van der Waals surface area contributed by atoms with Gasteiger partial charge in [0.15, 0.2) is 0 Å². The van der Waals surface area contributed by atoms with Gasteiger partial charge in [-0.1, -0.05) is 0 Å². The van der Waals surface area contributed by atoms with E-state index < -0.39 is 21.7 Å². The zero-order valence-corrected chi connectivity index (χ0v) is 11.8. The minimum absolute atomic E-state index is 0.0560. The van der Waals surface area contributed by atoms with Crippen LogP contribution in [-0.4, -0.2) is 26.4 Å². The molecule has 2 N–H and O–H groups in total. The number of rotatable bonds is 3. The van der Waals surface area contributed by atoms with Crippen molar-refractivity contribution in [3.63, 3.8) is 0 Å². The molecule has 0 atom stereocenters. The van der Waals surface area contributed by atoms with Gasteiger partial charge in [-0.3, -0.25) is 9.78 Å². The zero-order valence-electron chi connectivity index (χ0n) is 11.0.